The molecule has 0 atom stereocenters. The molecule has 0 unspecified atom stereocenters. The summed E-state index contributed by atoms with van der Waals surface area (Å²) < 4.78 is 0. The van der Waals surface area contributed by atoms with Crippen LogP contribution in [-0.4, -0.2) is 48.9 Å². The third-order valence-electron chi connectivity index (χ3n) is 4.78. The van der Waals surface area contributed by atoms with E-state index in [0.29, 0.717) is 24.5 Å². The third-order valence-corrected chi connectivity index (χ3v) is 5.47. The van der Waals surface area contributed by atoms with Gasteiger partial charge in [-0.1, -0.05) is 19.3 Å². The van der Waals surface area contributed by atoms with Crippen molar-refractivity contribution in [3.63, 3.8) is 0 Å². The summed E-state index contributed by atoms with van der Waals surface area (Å²) in [6.45, 7) is 1.47. The van der Waals surface area contributed by atoms with Crippen LogP contribution in [0.2, 0.25) is 0 Å². The van der Waals surface area contributed by atoms with Gasteiger partial charge in [0.25, 0.3) is 0 Å². The molecule has 0 bridgehead atoms. The number of nitrogens with zero attached hydrogens (tertiary/aromatic N) is 2. The topological polar surface area (TPSA) is 74.3 Å². The fraction of sp³-hybridized carbons (Fsp3) is 0.706. The van der Waals surface area contributed by atoms with Crippen LogP contribution in [0.25, 0.3) is 0 Å². The van der Waals surface area contributed by atoms with Gasteiger partial charge in [0, 0.05) is 44.6 Å². The molecule has 2 N–H and O–H groups in total. The van der Waals surface area contributed by atoms with Crippen molar-refractivity contribution in [2.24, 2.45) is 5.41 Å². The van der Waals surface area contributed by atoms with E-state index in [1.165, 1.54) is 17.8 Å². The Morgan fingerprint density at radius 1 is 1.29 bits per heavy atom. The highest BCUT2D eigenvalue weighted by molar-refractivity contribution is 7.13. The van der Waals surface area contributed by atoms with Gasteiger partial charge in [-0.15, -0.1) is 11.3 Å². The maximum atomic E-state index is 12.6. The van der Waals surface area contributed by atoms with Crippen LogP contribution >= 0.6 is 11.3 Å². The van der Waals surface area contributed by atoms with E-state index in [2.05, 4.69) is 15.6 Å². The molecule has 0 aromatic carbocycles. The quantitative estimate of drug-likeness (QED) is 0.754. The molecule has 2 rings (SSSR count). The van der Waals surface area contributed by atoms with Crippen molar-refractivity contribution in [1.29, 1.82) is 0 Å². The van der Waals surface area contributed by atoms with Gasteiger partial charge >= 0.3 is 0 Å². The van der Waals surface area contributed by atoms with E-state index in [1.54, 1.807) is 11.1 Å². The van der Waals surface area contributed by atoms with Crippen molar-refractivity contribution in [2.45, 2.75) is 44.9 Å². The van der Waals surface area contributed by atoms with Gasteiger partial charge in [-0.2, -0.15) is 0 Å². The van der Waals surface area contributed by atoms with Gasteiger partial charge in [-0.05, 0) is 25.3 Å². The standard InChI is InChI=1S/C17H28N4O2S/c1-18-8-10-21(2)15(23)13-17(6-4-3-5-7-17)12-14(22)20-16-19-9-11-24-16/h9,11,18H,3-8,10,12-13H2,1-2H3,(H,19,20,22). The first-order chi connectivity index (χ1) is 11.5. The first-order valence-corrected chi connectivity index (χ1v) is 9.50. The molecule has 1 saturated carbocycles. The number of hydrogen-bond acceptors (Lipinski definition) is 5. The van der Waals surface area contributed by atoms with Gasteiger partial charge in [0.05, 0.1) is 0 Å². The number of thiazole rings is 1. The Morgan fingerprint density at radius 2 is 2.04 bits per heavy atom. The molecule has 1 fully saturated rings. The number of amides is 2. The van der Waals surface area contributed by atoms with Crippen molar-refractivity contribution in [2.75, 3.05) is 32.5 Å². The molecule has 0 saturated heterocycles. The lowest BCUT2D eigenvalue weighted by Crippen LogP contribution is -2.39. The highest BCUT2D eigenvalue weighted by Gasteiger charge is 2.37. The fourth-order valence-corrected chi connectivity index (χ4v) is 3.91. The average Bonchev–Trinajstić information content (AvgIpc) is 3.05. The number of aromatic nitrogens is 1. The molecule has 0 aliphatic heterocycles. The second kappa shape index (κ2) is 9.13. The Balaban J connectivity index is 1.97. The lowest BCUT2D eigenvalue weighted by molar-refractivity contribution is -0.133. The molecule has 1 aliphatic carbocycles. The summed E-state index contributed by atoms with van der Waals surface area (Å²) in [5.41, 5.74) is -0.204. The van der Waals surface area contributed by atoms with E-state index in [1.807, 2.05) is 19.5 Å². The number of carbonyl (C=O) groups is 2. The summed E-state index contributed by atoms with van der Waals surface area (Å²) in [4.78, 5) is 30.9. The summed E-state index contributed by atoms with van der Waals surface area (Å²) in [5.74, 6) is 0.103. The van der Waals surface area contributed by atoms with E-state index in [0.717, 1.165) is 32.2 Å². The first-order valence-electron chi connectivity index (χ1n) is 8.63. The second-order valence-corrected chi connectivity index (χ2v) is 7.61. The lowest BCUT2D eigenvalue weighted by atomic mass is 9.69. The predicted molar refractivity (Wildman–Crippen MR) is 97.1 cm³/mol. The minimum Gasteiger partial charge on any atom is -0.344 e. The monoisotopic (exact) mass is 352 g/mol. The van der Waals surface area contributed by atoms with Crippen LogP contribution in [0.5, 0.6) is 0 Å². The lowest BCUT2D eigenvalue weighted by Gasteiger charge is -2.37. The molecule has 1 aromatic rings. The van der Waals surface area contributed by atoms with E-state index < -0.39 is 0 Å². The Morgan fingerprint density at radius 3 is 2.67 bits per heavy atom. The molecule has 0 radical (unpaired) electrons. The van der Waals surface area contributed by atoms with Gasteiger partial charge < -0.3 is 15.5 Å². The zero-order valence-corrected chi connectivity index (χ0v) is 15.5. The van der Waals surface area contributed by atoms with Crippen molar-refractivity contribution < 1.29 is 9.59 Å². The number of likely N-dealkylation sites (N-methyl/N-ethyl adjacent to an activating group) is 2. The number of hydrogen-bond donors (Lipinski definition) is 2. The molecule has 7 heteroatoms. The average molecular weight is 353 g/mol. The second-order valence-electron chi connectivity index (χ2n) is 6.72. The minimum atomic E-state index is -0.204. The number of carbonyl (C=O) groups excluding carboxylic acids is 2. The Bertz CT molecular complexity index is 527. The van der Waals surface area contributed by atoms with E-state index in [-0.39, 0.29) is 17.2 Å². The van der Waals surface area contributed by atoms with Crippen LogP contribution in [0, 0.1) is 5.41 Å². The van der Waals surface area contributed by atoms with Crippen LogP contribution in [0.4, 0.5) is 5.13 Å². The largest absolute Gasteiger partial charge is 0.344 e. The van der Waals surface area contributed by atoms with Crippen LogP contribution < -0.4 is 10.6 Å². The van der Waals surface area contributed by atoms with Crippen molar-refractivity contribution >= 4 is 28.3 Å². The maximum absolute atomic E-state index is 12.6. The highest BCUT2D eigenvalue weighted by atomic mass is 32.1. The van der Waals surface area contributed by atoms with Crippen molar-refractivity contribution in [3.05, 3.63) is 11.6 Å². The minimum absolute atomic E-state index is 0.0301. The molecule has 1 aromatic heterocycles. The molecular weight excluding hydrogens is 324 g/mol. The summed E-state index contributed by atoms with van der Waals surface area (Å²) in [6.07, 6.45) is 7.82. The first kappa shape index (κ1) is 18.9. The maximum Gasteiger partial charge on any atom is 0.226 e. The smallest absolute Gasteiger partial charge is 0.226 e. The zero-order valence-electron chi connectivity index (χ0n) is 14.6. The summed E-state index contributed by atoms with van der Waals surface area (Å²) in [5, 5.41) is 8.39. The summed E-state index contributed by atoms with van der Waals surface area (Å²) >= 11 is 1.41. The summed E-state index contributed by atoms with van der Waals surface area (Å²) in [6, 6.07) is 0. The van der Waals surface area contributed by atoms with Crippen molar-refractivity contribution in [1.82, 2.24) is 15.2 Å². The van der Waals surface area contributed by atoms with Gasteiger partial charge in [0.15, 0.2) is 5.13 Å². The molecule has 1 heterocycles. The molecule has 0 spiro atoms. The Labute approximate surface area is 148 Å². The van der Waals surface area contributed by atoms with E-state index in [9.17, 15) is 9.59 Å². The van der Waals surface area contributed by atoms with Gasteiger partial charge in [0.1, 0.15) is 0 Å². The van der Waals surface area contributed by atoms with E-state index in [4.69, 9.17) is 0 Å². The highest BCUT2D eigenvalue weighted by Crippen LogP contribution is 2.42. The van der Waals surface area contributed by atoms with Crippen LogP contribution in [0.3, 0.4) is 0 Å². The van der Waals surface area contributed by atoms with Crippen LogP contribution in [-0.2, 0) is 9.59 Å². The number of nitrogens with one attached hydrogen (secondary N) is 2. The molecule has 1 aliphatic rings. The summed E-state index contributed by atoms with van der Waals surface area (Å²) in [7, 11) is 3.72. The van der Waals surface area contributed by atoms with Gasteiger partial charge in [-0.3, -0.25) is 9.59 Å². The zero-order chi connectivity index (χ0) is 17.4. The normalized spacial score (nSPS) is 16.6. The molecule has 24 heavy (non-hydrogen) atoms. The predicted octanol–water partition coefficient (Wildman–Crippen LogP) is 2.49. The number of rotatable bonds is 8. The van der Waals surface area contributed by atoms with Crippen LogP contribution in [0.15, 0.2) is 11.6 Å². The van der Waals surface area contributed by atoms with Gasteiger partial charge in [0.2, 0.25) is 11.8 Å². The SMILES string of the molecule is CNCCN(C)C(=O)CC1(CC(=O)Nc2nccs2)CCCCC1. The van der Waals surface area contributed by atoms with Crippen LogP contribution in [0.1, 0.15) is 44.9 Å². The van der Waals surface area contributed by atoms with Crippen molar-refractivity contribution in [3.8, 4) is 0 Å². The molecule has 6 nitrogen and oxygen atoms in total. The third kappa shape index (κ3) is 5.56. The number of anilines is 1. The van der Waals surface area contributed by atoms with E-state index >= 15 is 0 Å². The van der Waals surface area contributed by atoms with Gasteiger partial charge in [-0.25, -0.2) is 4.98 Å². The fourth-order valence-electron chi connectivity index (χ4n) is 3.37. The molecule has 2 amide bonds. The molecule has 134 valence electrons. The Hall–Kier alpha value is -1.47. The Kier molecular flexibility index (Phi) is 7.17. The molecular formula is C17H28N4O2S.